The number of nitrogens with two attached hydrogens (primary N) is 1. The molecule has 0 bridgehead atoms. The molecular weight excluding hydrogens is 439 g/mol. The molecule has 2 aromatic rings. The molecule has 4 nitrogen and oxygen atoms in total. The number of benzene rings is 2. The highest BCUT2D eigenvalue weighted by Crippen LogP contribution is 2.38. The number of carbonyl (C=O) groups excluding carboxylic acids is 2. The molecule has 2 N–H and O–H groups in total. The van der Waals surface area contributed by atoms with Crippen LogP contribution in [0.4, 0.5) is 4.39 Å². The average Bonchev–Trinajstić information content (AvgIpc) is 2.83. The molecule has 1 heterocycles. The van der Waals surface area contributed by atoms with E-state index in [1.807, 2.05) is 18.2 Å². The lowest BCUT2D eigenvalue weighted by atomic mass is 9.76. The molecule has 33 heavy (non-hydrogen) atoms. The summed E-state index contributed by atoms with van der Waals surface area (Å²) in [5.74, 6) is 0.373. The number of Topliss-reactive ketones (excluding diaryl/α,β-unsaturated/α-hetero) is 1. The summed E-state index contributed by atoms with van der Waals surface area (Å²) in [6, 6.07) is 11.8. The fourth-order valence-corrected chi connectivity index (χ4v) is 5.79. The number of piperidine rings is 1. The minimum absolute atomic E-state index is 0.0363. The lowest BCUT2D eigenvalue weighted by Crippen LogP contribution is -2.37. The number of carbonyl (C=O) groups is 2. The fraction of sp³-hybridized carbons (Fsp3) is 0.481. The third-order valence-corrected chi connectivity index (χ3v) is 7.83. The Balaban J connectivity index is 1.21. The predicted molar refractivity (Wildman–Crippen MR) is 129 cm³/mol. The van der Waals surface area contributed by atoms with Gasteiger partial charge in [-0.1, -0.05) is 29.8 Å². The highest BCUT2D eigenvalue weighted by atomic mass is 35.5. The minimum Gasteiger partial charge on any atom is -0.366 e. The van der Waals surface area contributed by atoms with Crippen molar-refractivity contribution in [2.75, 3.05) is 19.6 Å². The van der Waals surface area contributed by atoms with Crippen LogP contribution in [0.25, 0.3) is 0 Å². The van der Waals surface area contributed by atoms with E-state index in [0.717, 1.165) is 50.9 Å². The van der Waals surface area contributed by atoms with Crippen LogP contribution in [0.3, 0.4) is 0 Å². The molecule has 1 amide bonds. The molecule has 1 saturated carbocycles. The van der Waals surface area contributed by atoms with Gasteiger partial charge in [-0.05, 0) is 106 Å². The highest BCUT2D eigenvalue weighted by molar-refractivity contribution is 6.34. The van der Waals surface area contributed by atoms with Crippen LogP contribution < -0.4 is 5.73 Å². The monoisotopic (exact) mass is 470 g/mol. The van der Waals surface area contributed by atoms with Gasteiger partial charge in [0, 0.05) is 17.0 Å². The van der Waals surface area contributed by atoms with Crippen LogP contribution in [0.1, 0.15) is 77.1 Å². The Morgan fingerprint density at radius 2 is 1.67 bits per heavy atom. The van der Waals surface area contributed by atoms with E-state index in [0.29, 0.717) is 23.0 Å². The molecule has 2 aliphatic rings. The van der Waals surface area contributed by atoms with Crippen molar-refractivity contribution in [1.82, 2.24) is 4.90 Å². The minimum atomic E-state index is -0.419. The van der Waals surface area contributed by atoms with Gasteiger partial charge < -0.3 is 10.6 Å². The SMILES string of the molecule is NC(=O)c1ccccc1C1CCC(CCN2CCC(C(=O)c3ccc(F)cc3Cl)CC2)CC1. The molecular formula is C27H32ClFN2O2. The van der Waals surface area contributed by atoms with E-state index in [1.165, 1.54) is 37.5 Å². The zero-order valence-corrected chi connectivity index (χ0v) is 19.7. The van der Waals surface area contributed by atoms with Crippen LogP contribution >= 0.6 is 11.6 Å². The summed E-state index contributed by atoms with van der Waals surface area (Å²) in [7, 11) is 0. The number of primary amides is 1. The molecule has 0 atom stereocenters. The Bertz CT molecular complexity index is 995. The number of hydrogen-bond donors (Lipinski definition) is 1. The molecule has 1 aliphatic heterocycles. The summed E-state index contributed by atoms with van der Waals surface area (Å²) in [6.45, 7) is 2.89. The second-order valence-electron chi connectivity index (χ2n) is 9.56. The predicted octanol–water partition coefficient (Wildman–Crippen LogP) is 5.84. The molecule has 176 valence electrons. The quantitative estimate of drug-likeness (QED) is 0.517. The maximum absolute atomic E-state index is 13.3. The summed E-state index contributed by atoms with van der Waals surface area (Å²) < 4.78 is 13.3. The van der Waals surface area contributed by atoms with Gasteiger partial charge in [-0.3, -0.25) is 9.59 Å². The van der Waals surface area contributed by atoms with Gasteiger partial charge in [-0.15, -0.1) is 0 Å². The Labute approximate surface area is 200 Å². The molecule has 6 heteroatoms. The summed E-state index contributed by atoms with van der Waals surface area (Å²) in [5.41, 5.74) is 7.78. The first-order valence-electron chi connectivity index (χ1n) is 12.0. The van der Waals surface area contributed by atoms with Crippen molar-refractivity contribution >= 4 is 23.3 Å². The molecule has 0 unspecified atom stereocenters. The fourth-order valence-electron chi connectivity index (χ4n) is 5.53. The molecule has 1 aliphatic carbocycles. The van der Waals surface area contributed by atoms with Gasteiger partial charge in [-0.2, -0.15) is 0 Å². The lowest BCUT2D eigenvalue weighted by Gasteiger charge is -2.34. The third kappa shape index (κ3) is 5.82. The average molecular weight is 471 g/mol. The van der Waals surface area contributed by atoms with E-state index < -0.39 is 5.82 Å². The smallest absolute Gasteiger partial charge is 0.248 e. The molecule has 0 radical (unpaired) electrons. The van der Waals surface area contributed by atoms with Crippen molar-refractivity contribution in [1.29, 1.82) is 0 Å². The second-order valence-corrected chi connectivity index (χ2v) is 9.97. The van der Waals surface area contributed by atoms with E-state index >= 15 is 0 Å². The first-order chi connectivity index (χ1) is 15.9. The highest BCUT2D eigenvalue weighted by Gasteiger charge is 2.29. The Hall–Kier alpha value is -2.24. The van der Waals surface area contributed by atoms with Crippen molar-refractivity contribution in [2.45, 2.75) is 50.9 Å². The van der Waals surface area contributed by atoms with E-state index in [1.54, 1.807) is 0 Å². The molecule has 2 aromatic carbocycles. The number of ketones is 1. The van der Waals surface area contributed by atoms with E-state index in [2.05, 4.69) is 11.0 Å². The van der Waals surface area contributed by atoms with Crippen LogP contribution in [0.2, 0.25) is 5.02 Å². The van der Waals surface area contributed by atoms with Crippen LogP contribution in [0.5, 0.6) is 0 Å². The van der Waals surface area contributed by atoms with E-state index in [4.69, 9.17) is 17.3 Å². The van der Waals surface area contributed by atoms with Crippen molar-refractivity contribution in [3.8, 4) is 0 Å². The number of amides is 1. The van der Waals surface area contributed by atoms with Crippen LogP contribution in [-0.4, -0.2) is 36.2 Å². The summed E-state index contributed by atoms with van der Waals surface area (Å²) in [5, 5.41) is 0.205. The largest absolute Gasteiger partial charge is 0.366 e. The summed E-state index contributed by atoms with van der Waals surface area (Å²) >= 11 is 6.09. The topological polar surface area (TPSA) is 63.4 Å². The lowest BCUT2D eigenvalue weighted by molar-refractivity contribution is 0.0832. The molecule has 0 aromatic heterocycles. The van der Waals surface area contributed by atoms with Gasteiger partial charge in [0.2, 0.25) is 5.91 Å². The van der Waals surface area contributed by atoms with Crippen molar-refractivity contribution < 1.29 is 14.0 Å². The van der Waals surface area contributed by atoms with Crippen molar-refractivity contribution in [3.63, 3.8) is 0 Å². The van der Waals surface area contributed by atoms with Gasteiger partial charge in [0.05, 0.1) is 5.02 Å². The summed E-state index contributed by atoms with van der Waals surface area (Å²) in [4.78, 5) is 27.0. The second kappa shape index (κ2) is 10.8. The normalized spacial score (nSPS) is 22.2. The van der Waals surface area contributed by atoms with Crippen LogP contribution in [0, 0.1) is 17.7 Å². The zero-order valence-electron chi connectivity index (χ0n) is 18.9. The molecule has 2 fully saturated rings. The standard InChI is InChI=1S/C27H32ClFN2O2/c28-25-17-21(29)9-10-24(25)26(32)20-12-15-31(16-13-20)14-11-18-5-7-19(8-6-18)22-3-1-2-4-23(22)27(30)33/h1-4,9-10,17-20H,5-8,11-16H2,(H2,30,33). The first kappa shape index (κ1) is 23.9. The van der Waals surface area contributed by atoms with E-state index in [9.17, 15) is 14.0 Å². The molecule has 0 spiro atoms. The van der Waals surface area contributed by atoms with Gasteiger partial charge in [-0.25, -0.2) is 4.39 Å². The number of likely N-dealkylation sites (tertiary alicyclic amines) is 1. The number of rotatable bonds is 7. The zero-order chi connectivity index (χ0) is 23.4. The number of nitrogens with zero attached hydrogens (tertiary/aromatic N) is 1. The van der Waals surface area contributed by atoms with Crippen LogP contribution in [0.15, 0.2) is 42.5 Å². The van der Waals surface area contributed by atoms with Crippen molar-refractivity contribution in [2.24, 2.45) is 17.6 Å². The number of hydrogen-bond acceptors (Lipinski definition) is 3. The van der Waals surface area contributed by atoms with Gasteiger partial charge >= 0.3 is 0 Å². The maximum Gasteiger partial charge on any atom is 0.248 e. The van der Waals surface area contributed by atoms with E-state index in [-0.39, 0.29) is 22.6 Å². The third-order valence-electron chi connectivity index (χ3n) is 7.52. The van der Waals surface area contributed by atoms with Crippen LogP contribution in [-0.2, 0) is 0 Å². The van der Waals surface area contributed by atoms with Gasteiger partial charge in [0.1, 0.15) is 5.82 Å². The van der Waals surface area contributed by atoms with Crippen molar-refractivity contribution in [3.05, 3.63) is 70.0 Å². The first-order valence-corrected chi connectivity index (χ1v) is 12.4. The van der Waals surface area contributed by atoms with Gasteiger partial charge in [0.15, 0.2) is 5.78 Å². The molecule has 4 rings (SSSR count). The summed E-state index contributed by atoms with van der Waals surface area (Å²) in [6.07, 6.45) is 7.37. The number of halogens is 2. The van der Waals surface area contributed by atoms with Gasteiger partial charge in [0.25, 0.3) is 0 Å². The Morgan fingerprint density at radius 3 is 2.33 bits per heavy atom. The Kier molecular flexibility index (Phi) is 7.82. The molecule has 1 saturated heterocycles. The Morgan fingerprint density at radius 1 is 0.970 bits per heavy atom. The maximum atomic E-state index is 13.3.